The van der Waals surface area contributed by atoms with Gasteiger partial charge >= 0.3 is 6.09 Å². The van der Waals surface area contributed by atoms with E-state index in [4.69, 9.17) is 9.47 Å². The second kappa shape index (κ2) is 8.02. The Kier molecular flexibility index (Phi) is 6.89. The second-order valence-electron chi connectivity index (χ2n) is 7.07. The van der Waals surface area contributed by atoms with Crippen LogP contribution < -0.4 is 15.4 Å². The molecule has 0 radical (unpaired) electrons. The summed E-state index contributed by atoms with van der Waals surface area (Å²) < 4.78 is 11.5. The number of nitrogens with one attached hydrogen (secondary N) is 2. The van der Waals surface area contributed by atoms with Crippen LogP contribution in [0.2, 0.25) is 0 Å². The van der Waals surface area contributed by atoms with Crippen LogP contribution in [0.1, 0.15) is 40.2 Å². The highest BCUT2D eigenvalue weighted by molar-refractivity contribution is 9.10. The highest BCUT2D eigenvalue weighted by Gasteiger charge is 2.24. The zero-order chi connectivity index (χ0) is 17.7. The first-order valence-electron chi connectivity index (χ1n) is 7.57. The average molecular weight is 387 g/mol. The number of rotatable bonds is 6. The van der Waals surface area contributed by atoms with Gasteiger partial charge in [0, 0.05) is 17.6 Å². The van der Waals surface area contributed by atoms with Crippen molar-refractivity contribution < 1.29 is 14.3 Å². The molecule has 0 aliphatic carbocycles. The Morgan fingerprint density at radius 2 is 1.87 bits per heavy atom. The van der Waals surface area contributed by atoms with Crippen LogP contribution >= 0.6 is 15.9 Å². The molecular formula is C17H27BrN2O3. The highest BCUT2D eigenvalue weighted by Crippen LogP contribution is 2.22. The lowest BCUT2D eigenvalue weighted by molar-refractivity contribution is 0.0472. The number of ether oxygens (including phenoxy) is 2. The maximum Gasteiger partial charge on any atom is 0.408 e. The van der Waals surface area contributed by atoms with E-state index in [1.807, 2.05) is 52.8 Å². The van der Waals surface area contributed by atoms with Gasteiger partial charge in [0.15, 0.2) is 0 Å². The first-order valence-corrected chi connectivity index (χ1v) is 8.36. The molecule has 1 amide bonds. The van der Waals surface area contributed by atoms with Crippen LogP contribution in [0.3, 0.4) is 0 Å². The number of hydrogen-bond acceptors (Lipinski definition) is 4. The number of methoxy groups -OCH3 is 1. The summed E-state index contributed by atoms with van der Waals surface area (Å²) in [6.07, 6.45) is -0.410. The third-order valence-electron chi connectivity index (χ3n) is 2.97. The number of carbonyl (C=O) groups is 1. The molecule has 0 fully saturated rings. The SMILES string of the molecule is COc1ccc(Br)c(CNCC(C)(C)NC(=O)OC(C)(C)C)c1. The van der Waals surface area contributed by atoms with E-state index in [9.17, 15) is 4.79 Å². The number of carbonyl (C=O) groups excluding carboxylic acids is 1. The summed E-state index contributed by atoms with van der Waals surface area (Å²) in [6.45, 7) is 10.7. The lowest BCUT2D eigenvalue weighted by Gasteiger charge is -2.29. The van der Waals surface area contributed by atoms with Gasteiger partial charge in [-0.1, -0.05) is 15.9 Å². The number of amides is 1. The lowest BCUT2D eigenvalue weighted by Crippen LogP contribution is -2.51. The fraction of sp³-hybridized carbons (Fsp3) is 0.588. The van der Waals surface area contributed by atoms with Gasteiger partial charge in [-0.3, -0.25) is 0 Å². The van der Waals surface area contributed by atoms with E-state index in [-0.39, 0.29) is 0 Å². The van der Waals surface area contributed by atoms with E-state index >= 15 is 0 Å². The fourth-order valence-electron chi connectivity index (χ4n) is 1.95. The topological polar surface area (TPSA) is 59.6 Å². The minimum atomic E-state index is -0.501. The molecule has 0 saturated carbocycles. The molecule has 1 aromatic carbocycles. The zero-order valence-electron chi connectivity index (χ0n) is 14.7. The molecule has 1 rings (SSSR count). The molecule has 0 aliphatic heterocycles. The molecule has 0 saturated heterocycles. The summed E-state index contributed by atoms with van der Waals surface area (Å²) in [6, 6.07) is 5.84. The van der Waals surface area contributed by atoms with Crippen molar-refractivity contribution in [1.29, 1.82) is 0 Å². The van der Waals surface area contributed by atoms with Gasteiger partial charge in [0.05, 0.1) is 12.6 Å². The van der Waals surface area contributed by atoms with Crippen LogP contribution in [0, 0.1) is 0 Å². The molecule has 6 heteroatoms. The number of hydrogen-bond donors (Lipinski definition) is 2. The van der Waals surface area contributed by atoms with E-state index in [0.29, 0.717) is 13.1 Å². The van der Waals surface area contributed by atoms with Crippen LogP contribution in [0.4, 0.5) is 4.79 Å². The Morgan fingerprint density at radius 1 is 1.22 bits per heavy atom. The Morgan fingerprint density at radius 3 is 2.43 bits per heavy atom. The largest absolute Gasteiger partial charge is 0.497 e. The summed E-state index contributed by atoms with van der Waals surface area (Å²) >= 11 is 3.53. The third kappa shape index (κ3) is 7.70. The van der Waals surface area contributed by atoms with Gasteiger partial charge in [0.1, 0.15) is 11.4 Å². The van der Waals surface area contributed by atoms with Crippen molar-refractivity contribution in [3.05, 3.63) is 28.2 Å². The van der Waals surface area contributed by atoms with E-state index in [1.165, 1.54) is 0 Å². The maximum atomic E-state index is 11.9. The standard InChI is InChI=1S/C17H27BrN2O3/c1-16(2,3)23-15(21)20-17(4,5)11-19-10-12-9-13(22-6)7-8-14(12)18/h7-9,19H,10-11H2,1-6H3,(H,20,21). The van der Waals surface area contributed by atoms with E-state index in [0.717, 1.165) is 15.8 Å². The molecule has 0 atom stereocenters. The van der Waals surface area contributed by atoms with Gasteiger partial charge in [0.25, 0.3) is 0 Å². The molecule has 23 heavy (non-hydrogen) atoms. The van der Waals surface area contributed by atoms with E-state index in [1.54, 1.807) is 7.11 Å². The fourth-order valence-corrected chi connectivity index (χ4v) is 2.33. The molecule has 0 aromatic heterocycles. The number of alkyl carbamates (subject to hydrolysis) is 1. The quantitative estimate of drug-likeness (QED) is 0.779. The van der Waals surface area contributed by atoms with Crippen molar-refractivity contribution in [2.75, 3.05) is 13.7 Å². The van der Waals surface area contributed by atoms with Crippen molar-refractivity contribution in [3.8, 4) is 5.75 Å². The van der Waals surface area contributed by atoms with Crippen molar-refractivity contribution in [1.82, 2.24) is 10.6 Å². The van der Waals surface area contributed by atoms with Gasteiger partial charge in [-0.25, -0.2) is 4.79 Å². The molecule has 130 valence electrons. The second-order valence-corrected chi connectivity index (χ2v) is 7.93. The molecule has 5 nitrogen and oxygen atoms in total. The van der Waals surface area contributed by atoms with Crippen molar-refractivity contribution in [2.24, 2.45) is 0 Å². The molecule has 0 aliphatic rings. The maximum absolute atomic E-state index is 11.9. The van der Waals surface area contributed by atoms with Crippen LogP contribution in [-0.4, -0.2) is 30.9 Å². The average Bonchev–Trinajstić information content (AvgIpc) is 2.37. The number of benzene rings is 1. The Bertz CT molecular complexity index is 539. The van der Waals surface area contributed by atoms with Crippen LogP contribution in [0.15, 0.2) is 22.7 Å². The Hall–Kier alpha value is -1.27. The highest BCUT2D eigenvalue weighted by atomic mass is 79.9. The first kappa shape index (κ1) is 19.8. The molecule has 0 spiro atoms. The predicted octanol–water partition coefficient (Wildman–Crippen LogP) is 3.85. The predicted molar refractivity (Wildman–Crippen MR) is 95.8 cm³/mol. The zero-order valence-corrected chi connectivity index (χ0v) is 16.3. The van der Waals surface area contributed by atoms with Crippen molar-refractivity contribution in [2.45, 2.75) is 52.3 Å². The normalized spacial score (nSPS) is 12.0. The van der Waals surface area contributed by atoms with Gasteiger partial charge in [-0.2, -0.15) is 0 Å². The summed E-state index contributed by atoms with van der Waals surface area (Å²) in [5.41, 5.74) is 0.171. The molecule has 1 aromatic rings. The summed E-state index contributed by atoms with van der Waals surface area (Å²) in [4.78, 5) is 11.9. The molecule has 0 unspecified atom stereocenters. The molecular weight excluding hydrogens is 360 g/mol. The van der Waals surface area contributed by atoms with Gasteiger partial charge in [-0.15, -0.1) is 0 Å². The Labute approximate surface area is 147 Å². The smallest absolute Gasteiger partial charge is 0.408 e. The van der Waals surface area contributed by atoms with Crippen LogP contribution in [-0.2, 0) is 11.3 Å². The summed E-state index contributed by atoms with van der Waals surface area (Å²) in [5, 5.41) is 6.22. The molecule has 0 heterocycles. The monoisotopic (exact) mass is 386 g/mol. The third-order valence-corrected chi connectivity index (χ3v) is 3.75. The first-order chi connectivity index (χ1) is 10.5. The van der Waals surface area contributed by atoms with E-state index < -0.39 is 17.2 Å². The molecule has 0 bridgehead atoms. The van der Waals surface area contributed by atoms with Crippen LogP contribution in [0.5, 0.6) is 5.75 Å². The lowest BCUT2D eigenvalue weighted by atomic mass is 10.1. The van der Waals surface area contributed by atoms with Crippen molar-refractivity contribution >= 4 is 22.0 Å². The minimum Gasteiger partial charge on any atom is -0.497 e. The number of halogens is 1. The molecule has 2 N–H and O–H groups in total. The van der Waals surface area contributed by atoms with Gasteiger partial charge in [-0.05, 0) is 58.4 Å². The van der Waals surface area contributed by atoms with Crippen LogP contribution in [0.25, 0.3) is 0 Å². The summed E-state index contributed by atoms with van der Waals surface area (Å²) in [7, 11) is 1.65. The minimum absolute atomic E-state index is 0.410. The summed E-state index contributed by atoms with van der Waals surface area (Å²) in [5.74, 6) is 0.816. The van der Waals surface area contributed by atoms with Gasteiger partial charge < -0.3 is 20.1 Å². The van der Waals surface area contributed by atoms with E-state index in [2.05, 4.69) is 26.6 Å². The van der Waals surface area contributed by atoms with Gasteiger partial charge in [0.2, 0.25) is 0 Å². The van der Waals surface area contributed by atoms with Crippen molar-refractivity contribution in [3.63, 3.8) is 0 Å². The Balaban J connectivity index is 2.52.